The molecule has 0 aromatic heterocycles. The van der Waals surface area contributed by atoms with Crippen LogP contribution in [-0.4, -0.2) is 11.8 Å². The number of hydrogen-bond acceptors (Lipinski definition) is 2. The van der Waals surface area contributed by atoms with Crippen molar-refractivity contribution in [1.29, 1.82) is 0 Å². The Bertz CT molecular complexity index is 324. The summed E-state index contributed by atoms with van der Waals surface area (Å²) in [6.07, 6.45) is 3.48. The molecule has 3 heteroatoms. The molecule has 0 aromatic carbocycles. The predicted octanol–water partition coefficient (Wildman–Crippen LogP) is 3.14. The Balaban J connectivity index is 3.07. The molecule has 2 amide bonds. The number of piperidine rings is 1. The summed E-state index contributed by atoms with van der Waals surface area (Å²) in [5.74, 6) is 0.648. The molecule has 0 spiro atoms. The first-order valence-corrected chi connectivity index (χ1v) is 7.20. The first kappa shape index (κ1) is 15.2. The lowest BCUT2D eigenvalue weighted by Gasteiger charge is -2.45. The van der Waals surface area contributed by atoms with Crippen LogP contribution in [-0.2, 0) is 9.59 Å². The highest BCUT2D eigenvalue weighted by Crippen LogP contribution is 2.47. The van der Waals surface area contributed by atoms with Gasteiger partial charge >= 0.3 is 0 Å². The third kappa shape index (κ3) is 2.93. The largest absolute Gasteiger partial charge is 0.296 e. The zero-order chi connectivity index (χ0) is 13.9. The number of nitrogens with one attached hydrogen (secondary N) is 1. The second kappa shape index (κ2) is 5.85. The van der Waals surface area contributed by atoms with Crippen LogP contribution in [0.5, 0.6) is 0 Å². The van der Waals surface area contributed by atoms with Crippen LogP contribution < -0.4 is 5.32 Å². The fourth-order valence-electron chi connectivity index (χ4n) is 3.50. The first-order chi connectivity index (χ1) is 8.36. The lowest BCUT2D eigenvalue weighted by atomic mass is 9.60. The smallest absolute Gasteiger partial charge is 0.230 e. The molecule has 1 saturated heterocycles. The van der Waals surface area contributed by atoms with Crippen molar-refractivity contribution < 1.29 is 9.59 Å². The van der Waals surface area contributed by atoms with E-state index in [-0.39, 0.29) is 29.1 Å². The van der Waals surface area contributed by atoms with Crippen molar-refractivity contribution in [1.82, 2.24) is 5.32 Å². The van der Waals surface area contributed by atoms with E-state index >= 15 is 0 Å². The predicted molar refractivity (Wildman–Crippen MR) is 72.9 cm³/mol. The average molecular weight is 253 g/mol. The van der Waals surface area contributed by atoms with Crippen LogP contribution in [0.3, 0.4) is 0 Å². The van der Waals surface area contributed by atoms with Gasteiger partial charge in [-0.25, -0.2) is 0 Å². The summed E-state index contributed by atoms with van der Waals surface area (Å²) in [6.45, 7) is 10.7. The molecule has 1 rings (SSSR count). The van der Waals surface area contributed by atoms with E-state index in [9.17, 15) is 9.59 Å². The maximum Gasteiger partial charge on any atom is 0.230 e. The van der Waals surface area contributed by atoms with Crippen LogP contribution in [0.2, 0.25) is 0 Å². The molecule has 0 bridgehead atoms. The lowest BCUT2D eigenvalue weighted by molar-refractivity contribution is -0.147. The van der Waals surface area contributed by atoms with Crippen molar-refractivity contribution in [2.45, 2.75) is 60.3 Å². The Hall–Kier alpha value is -0.860. The van der Waals surface area contributed by atoms with E-state index in [0.29, 0.717) is 12.3 Å². The van der Waals surface area contributed by atoms with Gasteiger partial charge in [-0.05, 0) is 30.1 Å². The molecule has 1 heterocycles. The zero-order valence-corrected chi connectivity index (χ0v) is 12.4. The summed E-state index contributed by atoms with van der Waals surface area (Å²) in [7, 11) is 0. The van der Waals surface area contributed by atoms with Crippen LogP contribution in [0.1, 0.15) is 60.3 Å². The van der Waals surface area contributed by atoms with Gasteiger partial charge < -0.3 is 0 Å². The Labute approximate surface area is 111 Å². The molecule has 3 atom stereocenters. The number of carbonyl (C=O) groups is 2. The van der Waals surface area contributed by atoms with E-state index < -0.39 is 0 Å². The Morgan fingerprint density at radius 1 is 1.28 bits per heavy atom. The number of hydrogen-bond donors (Lipinski definition) is 1. The van der Waals surface area contributed by atoms with Gasteiger partial charge in [0.15, 0.2) is 0 Å². The maximum absolute atomic E-state index is 12.2. The standard InChI is InChI=1S/C15H27NO2/c1-6-11(5)8-15(7-2)9-12(17)16-14(18)13(15)10(3)4/h10-11,13H,6-9H2,1-5H3,(H,16,17,18). The van der Waals surface area contributed by atoms with Crippen LogP contribution >= 0.6 is 0 Å². The molecule has 0 aromatic rings. The van der Waals surface area contributed by atoms with E-state index in [4.69, 9.17) is 0 Å². The van der Waals surface area contributed by atoms with Crippen molar-refractivity contribution in [3.63, 3.8) is 0 Å². The number of carbonyl (C=O) groups excluding carboxylic acids is 2. The molecule has 0 aliphatic carbocycles. The number of imide groups is 1. The second-order valence-corrected chi connectivity index (χ2v) is 6.24. The van der Waals surface area contributed by atoms with E-state index in [1.807, 2.05) is 0 Å². The molecule has 3 unspecified atom stereocenters. The molecule has 1 aliphatic heterocycles. The average Bonchev–Trinajstić information content (AvgIpc) is 2.27. The molecule has 104 valence electrons. The van der Waals surface area contributed by atoms with Gasteiger partial charge in [0.25, 0.3) is 0 Å². The summed E-state index contributed by atoms with van der Waals surface area (Å²) in [5.41, 5.74) is -0.136. The highest BCUT2D eigenvalue weighted by atomic mass is 16.2. The number of rotatable bonds is 5. The van der Waals surface area contributed by atoms with Gasteiger partial charge in [-0.15, -0.1) is 0 Å². The van der Waals surface area contributed by atoms with Crippen molar-refractivity contribution >= 4 is 11.8 Å². The third-order valence-corrected chi connectivity index (χ3v) is 4.54. The molecular formula is C15H27NO2. The second-order valence-electron chi connectivity index (χ2n) is 6.24. The molecule has 0 radical (unpaired) electrons. The summed E-state index contributed by atoms with van der Waals surface area (Å²) < 4.78 is 0. The van der Waals surface area contributed by atoms with Gasteiger partial charge in [-0.2, -0.15) is 0 Å². The van der Waals surface area contributed by atoms with Gasteiger partial charge in [0.05, 0.1) is 0 Å². The van der Waals surface area contributed by atoms with E-state index in [1.54, 1.807) is 0 Å². The highest BCUT2D eigenvalue weighted by Gasteiger charge is 2.48. The fraction of sp³-hybridized carbons (Fsp3) is 0.867. The Kier molecular flexibility index (Phi) is 4.94. The minimum atomic E-state index is -0.136. The Morgan fingerprint density at radius 3 is 2.33 bits per heavy atom. The van der Waals surface area contributed by atoms with Crippen molar-refractivity contribution in [2.24, 2.45) is 23.2 Å². The van der Waals surface area contributed by atoms with E-state index in [0.717, 1.165) is 19.3 Å². The van der Waals surface area contributed by atoms with Crippen LogP contribution in [0.15, 0.2) is 0 Å². The maximum atomic E-state index is 12.2. The van der Waals surface area contributed by atoms with Crippen LogP contribution in [0.4, 0.5) is 0 Å². The fourth-order valence-corrected chi connectivity index (χ4v) is 3.50. The highest BCUT2D eigenvalue weighted by molar-refractivity contribution is 5.99. The van der Waals surface area contributed by atoms with Gasteiger partial charge in [-0.1, -0.05) is 41.0 Å². The van der Waals surface area contributed by atoms with Crippen molar-refractivity contribution in [3.8, 4) is 0 Å². The molecule has 3 nitrogen and oxygen atoms in total. The molecule has 1 aliphatic rings. The van der Waals surface area contributed by atoms with Crippen LogP contribution in [0.25, 0.3) is 0 Å². The number of amides is 2. The summed E-state index contributed by atoms with van der Waals surface area (Å²) >= 11 is 0. The topological polar surface area (TPSA) is 46.2 Å². The van der Waals surface area contributed by atoms with Gasteiger partial charge in [0, 0.05) is 12.3 Å². The zero-order valence-electron chi connectivity index (χ0n) is 12.4. The minimum Gasteiger partial charge on any atom is -0.296 e. The van der Waals surface area contributed by atoms with Gasteiger partial charge in [0.1, 0.15) is 0 Å². The van der Waals surface area contributed by atoms with Gasteiger partial charge in [-0.3, -0.25) is 14.9 Å². The molecule has 1 N–H and O–H groups in total. The van der Waals surface area contributed by atoms with Crippen LogP contribution in [0, 0.1) is 23.2 Å². The van der Waals surface area contributed by atoms with Crippen molar-refractivity contribution in [3.05, 3.63) is 0 Å². The third-order valence-electron chi connectivity index (χ3n) is 4.54. The molecule has 1 fully saturated rings. The Morgan fingerprint density at radius 2 is 1.89 bits per heavy atom. The quantitative estimate of drug-likeness (QED) is 0.765. The lowest BCUT2D eigenvalue weighted by Crippen LogP contribution is -2.54. The minimum absolute atomic E-state index is 0.0331. The first-order valence-electron chi connectivity index (χ1n) is 7.20. The molecule has 0 saturated carbocycles. The summed E-state index contributed by atoms with van der Waals surface area (Å²) in [4.78, 5) is 23.9. The summed E-state index contributed by atoms with van der Waals surface area (Å²) in [6, 6.07) is 0. The van der Waals surface area contributed by atoms with E-state index in [1.165, 1.54) is 0 Å². The monoisotopic (exact) mass is 253 g/mol. The molecular weight excluding hydrogens is 226 g/mol. The molecule has 18 heavy (non-hydrogen) atoms. The summed E-state index contributed by atoms with van der Waals surface area (Å²) in [5, 5.41) is 2.51. The van der Waals surface area contributed by atoms with Crippen molar-refractivity contribution in [2.75, 3.05) is 0 Å². The normalized spacial score (nSPS) is 30.4. The SMILES string of the molecule is CCC(C)CC1(CC)CC(=O)NC(=O)C1C(C)C. The van der Waals surface area contributed by atoms with Gasteiger partial charge in [0.2, 0.25) is 11.8 Å². The van der Waals surface area contributed by atoms with E-state index in [2.05, 4.69) is 39.9 Å².